The molecule has 3 amide bonds. The average Bonchev–Trinajstić information content (AvgIpc) is 2.95. The summed E-state index contributed by atoms with van der Waals surface area (Å²) in [5.74, 6) is 0.137. The highest BCUT2D eigenvalue weighted by atomic mass is 16.5. The number of hydrogen-bond donors (Lipinski definition) is 2. The molecule has 1 heterocycles. The molecule has 2 aromatic rings. The molecule has 0 fully saturated rings. The summed E-state index contributed by atoms with van der Waals surface area (Å²) in [7, 11) is 0. The van der Waals surface area contributed by atoms with Crippen molar-refractivity contribution in [1.29, 1.82) is 0 Å². The lowest BCUT2D eigenvalue weighted by atomic mass is 10.1. The Hall–Kier alpha value is -3.35. The number of carbonyl (C=O) groups excluding carboxylic acids is 3. The minimum Gasteiger partial charge on any atom is -0.493 e. The van der Waals surface area contributed by atoms with Crippen LogP contribution in [0.2, 0.25) is 0 Å². The van der Waals surface area contributed by atoms with Gasteiger partial charge < -0.3 is 15.8 Å². The standard InChI is InChI=1S/C22H25N3O4/c1-15(26)24-14-16-13-17(23)9-10-20(16)29-12-6-2-5-11-25-21(27)18-7-3-4-8-19(18)22(25)28/h3-4,7-10,13H,2,5-6,11-12,14,23H2,1H3,(H,24,26). The topological polar surface area (TPSA) is 102 Å². The Bertz CT molecular complexity index is 891. The number of imide groups is 1. The summed E-state index contributed by atoms with van der Waals surface area (Å²) in [6, 6.07) is 12.3. The maximum Gasteiger partial charge on any atom is 0.261 e. The Morgan fingerprint density at radius 1 is 1.03 bits per heavy atom. The maximum atomic E-state index is 12.3. The molecular formula is C22H25N3O4. The molecule has 29 heavy (non-hydrogen) atoms. The number of nitrogens with one attached hydrogen (secondary N) is 1. The third kappa shape index (κ3) is 4.93. The van der Waals surface area contributed by atoms with Crippen molar-refractivity contribution in [2.24, 2.45) is 0 Å². The molecule has 0 aliphatic carbocycles. The fourth-order valence-corrected chi connectivity index (χ4v) is 3.27. The number of nitrogens with zero attached hydrogens (tertiary/aromatic N) is 1. The molecule has 7 heteroatoms. The van der Waals surface area contributed by atoms with Crippen molar-refractivity contribution in [3.8, 4) is 5.75 Å². The van der Waals surface area contributed by atoms with Gasteiger partial charge in [0.2, 0.25) is 5.91 Å². The number of anilines is 1. The molecule has 0 bridgehead atoms. The van der Waals surface area contributed by atoms with Gasteiger partial charge in [-0.2, -0.15) is 0 Å². The Morgan fingerprint density at radius 3 is 2.38 bits per heavy atom. The van der Waals surface area contributed by atoms with Gasteiger partial charge in [0, 0.05) is 31.3 Å². The van der Waals surface area contributed by atoms with E-state index in [0.29, 0.717) is 42.3 Å². The monoisotopic (exact) mass is 395 g/mol. The first-order valence-corrected chi connectivity index (χ1v) is 9.68. The molecule has 0 saturated carbocycles. The molecule has 3 N–H and O–H groups in total. The number of unbranched alkanes of at least 4 members (excludes halogenated alkanes) is 2. The van der Waals surface area contributed by atoms with Crippen LogP contribution in [0.4, 0.5) is 5.69 Å². The van der Waals surface area contributed by atoms with Crippen molar-refractivity contribution < 1.29 is 19.1 Å². The van der Waals surface area contributed by atoms with Crippen LogP contribution in [0.15, 0.2) is 42.5 Å². The van der Waals surface area contributed by atoms with Crippen LogP contribution in [0.1, 0.15) is 52.5 Å². The molecule has 0 aromatic heterocycles. The molecule has 0 spiro atoms. The molecule has 0 saturated heterocycles. The van der Waals surface area contributed by atoms with Gasteiger partial charge in [0.05, 0.1) is 17.7 Å². The highest BCUT2D eigenvalue weighted by Crippen LogP contribution is 2.23. The van der Waals surface area contributed by atoms with Crippen molar-refractivity contribution in [3.05, 3.63) is 59.2 Å². The first-order chi connectivity index (χ1) is 14.0. The summed E-state index contributed by atoms with van der Waals surface area (Å²) in [6.07, 6.45) is 2.33. The number of fused-ring (bicyclic) bond motifs is 1. The quantitative estimate of drug-likeness (QED) is 0.386. The number of hydrogen-bond acceptors (Lipinski definition) is 5. The first kappa shape index (κ1) is 20.4. The number of amides is 3. The smallest absolute Gasteiger partial charge is 0.261 e. The molecule has 1 aliphatic rings. The van der Waals surface area contributed by atoms with Gasteiger partial charge in [0.25, 0.3) is 11.8 Å². The summed E-state index contributed by atoms with van der Waals surface area (Å²) < 4.78 is 5.84. The van der Waals surface area contributed by atoms with Gasteiger partial charge in [-0.05, 0) is 49.6 Å². The Balaban J connectivity index is 1.43. The van der Waals surface area contributed by atoms with E-state index < -0.39 is 0 Å². The van der Waals surface area contributed by atoms with Gasteiger partial charge in [-0.1, -0.05) is 12.1 Å². The van der Waals surface area contributed by atoms with E-state index in [4.69, 9.17) is 10.5 Å². The van der Waals surface area contributed by atoms with E-state index in [1.54, 1.807) is 42.5 Å². The third-order valence-electron chi connectivity index (χ3n) is 4.77. The van der Waals surface area contributed by atoms with E-state index in [1.165, 1.54) is 11.8 Å². The van der Waals surface area contributed by atoms with E-state index in [-0.39, 0.29) is 17.7 Å². The fraction of sp³-hybridized carbons (Fsp3) is 0.318. The van der Waals surface area contributed by atoms with Crippen LogP contribution in [-0.4, -0.2) is 35.8 Å². The molecule has 7 nitrogen and oxygen atoms in total. The van der Waals surface area contributed by atoms with Crippen molar-refractivity contribution in [2.45, 2.75) is 32.7 Å². The van der Waals surface area contributed by atoms with E-state index in [1.807, 2.05) is 0 Å². The summed E-state index contributed by atoms with van der Waals surface area (Å²) in [4.78, 5) is 37.1. The van der Waals surface area contributed by atoms with Crippen molar-refractivity contribution in [2.75, 3.05) is 18.9 Å². The number of rotatable bonds is 9. The van der Waals surface area contributed by atoms with Crippen molar-refractivity contribution in [3.63, 3.8) is 0 Å². The number of ether oxygens (including phenoxy) is 1. The maximum absolute atomic E-state index is 12.3. The Labute approximate surface area is 169 Å². The van der Waals surface area contributed by atoms with Crippen LogP contribution in [-0.2, 0) is 11.3 Å². The van der Waals surface area contributed by atoms with Gasteiger partial charge in [-0.15, -0.1) is 0 Å². The van der Waals surface area contributed by atoms with Crippen molar-refractivity contribution in [1.82, 2.24) is 10.2 Å². The van der Waals surface area contributed by atoms with E-state index in [9.17, 15) is 14.4 Å². The summed E-state index contributed by atoms with van der Waals surface area (Å²) >= 11 is 0. The van der Waals surface area contributed by atoms with Crippen LogP contribution in [0.3, 0.4) is 0 Å². The van der Waals surface area contributed by atoms with Gasteiger partial charge in [0.15, 0.2) is 0 Å². The third-order valence-corrected chi connectivity index (χ3v) is 4.77. The number of nitrogens with two attached hydrogens (primary N) is 1. The van der Waals surface area contributed by atoms with Crippen LogP contribution in [0.25, 0.3) is 0 Å². The highest BCUT2D eigenvalue weighted by Gasteiger charge is 2.34. The normalized spacial score (nSPS) is 12.8. The summed E-state index contributed by atoms with van der Waals surface area (Å²) in [6.45, 7) is 2.72. The molecule has 0 radical (unpaired) electrons. The molecule has 152 valence electrons. The first-order valence-electron chi connectivity index (χ1n) is 9.68. The predicted molar refractivity (Wildman–Crippen MR) is 110 cm³/mol. The summed E-state index contributed by atoms with van der Waals surface area (Å²) in [5.41, 5.74) is 8.21. The average molecular weight is 395 g/mol. The minimum atomic E-state index is -0.216. The van der Waals surface area contributed by atoms with E-state index in [2.05, 4.69) is 5.32 Å². The second-order valence-corrected chi connectivity index (χ2v) is 6.99. The molecule has 3 rings (SSSR count). The second kappa shape index (κ2) is 9.23. The van der Waals surface area contributed by atoms with Gasteiger partial charge in [-0.25, -0.2) is 0 Å². The zero-order valence-corrected chi connectivity index (χ0v) is 16.4. The molecular weight excluding hydrogens is 370 g/mol. The lowest BCUT2D eigenvalue weighted by Crippen LogP contribution is -2.30. The zero-order chi connectivity index (χ0) is 20.8. The second-order valence-electron chi connectivity index (χ2n) is 6.99. The van der Waals surface area contributed by atoms with Crippen molar-refractivity contribution >= 4 is 23.4 Å². The van der Waals surface area contributed by atoms with E-state index >= 15 is 0 Å². The van der Waals surface area contributed by atoms with Gasteiger partial charge >= 0.3 is 0 Å². The molecule has 0 atom stereocenters. The zero-order valence-electron chi connectivity index (χ0n) is 16.4. The molecule has 2 aromatic carbocycles. The van der Waals surface area contributed by atoms with Crippen LogP contribution >= 0.6 is 0 Å². The van der Waals surface area contributed by atoms with Crippen LogP contribution < -0.4 is 15.8 Å². The Kier molecular flexibility index (Phi) is 6.49. The summed E-state index contributed by atoms with van der Waals surface area (Å²) in [5, 5.41) is 2.74. The molecule has 1 aliphatic heterocycles. The van der Waals surface area contributed by atoms with Gasteiger partial charge in [-0.3, -0.25) is 19.3 Å². The van der Waals surface area contributed by atoms with Crippen LogP contribution in [0.5, 0.6) is 5.75 Å². The molecule has 0 unspecified atom stereocenters. The fourth-order valence-electron chi connectivity index (χ4n) is 3.27. The minimum absolute atomic E-state index is 0.119. The predicted octanol–water partition coefficient (Wildman–Crippen LogP) is 2.75. The Morgan fingerprint density at radius 2 is 1.72 bits per heavy atom. The largest absolute Gasteiger partial charge is 0.493 e. The lowest BCUT2D eigenvalue weighted by molar-refractivity contribution is -0.119. The number of carbonyl (C=O) groups is 3. The number of benzene rings is 2. The highest BCUT2D eigenvalue weighted by molar-refractivity contribution is 6.21. The van der Waals surface area contributed by atoms with Crippen LogP contribution in [0, 0.1) is 0 Å². The lowest BCUT2D eigenvalue weighted by Gasteiger charge is -2.14. The van der Waals surface area contributed by atoms with E-state index in [0.717, 1.165) is 24.8 Å². The number of nitrogen functional groups attached to an aromatic ring is 1. The van der Waals surface area contributed by atoms with Gasteiger partial charge in [0.1, 0.15) is 5.75 Å². The SMILES string of the molecule is CC(=O)NCc1cc(N)ccc1OCCCCCN1C(=O)c2ccccc2C1=O.